The van der Waals surface area contributed by atoms with Gasteiger partial charge in [0.1, 0.15) is 0 Å². The Kier molecular flexibility index (Phi) is 5.92. The molecule has 2 aromatic carbocycles. The van der Waals surface area contributed by atoms with Gasteiger partial charge in [0.15, 0.2) is 17.5 Å². The fourth-order valence-corrected chi connectivity index (χ4v) is 2.82. The molecule has 0 saturated carbocycles. The molecule has 2 N–H and O–H groups in total. The summed E-state index contributed by atoms with van der Waals surface area (Å²) in [6, 6.07) is 12.2. The van der Waals surface area contributed by atoms with Crippen molar-refractivity contribution in [2.24, 2.45) is 0 Å². The Labute approximate surface area is 163 Å². The van der Waals surface area contributed by atoms with Crippen molar-refractivity contribution in [3.63, 3.8) is 0 Å². The number of para-hydroxylation sites is 3. The van der Waals surface area contributed by atoms with Crippen LogP contribution in [-0.2, 0) is 4.79 Å². The first-order valence-corrected chi connectivity index (χ1v) is 8.88. The van der Waals surface area contributed by atoms with Crippen LogP contribution in [0.15, 0.2) is 60.1 Å². The summed E-state index contributed by atoms with van der Waals surface area (Å²) in [4.78, 5) is 39.0. The minimum atomic E-state index is -0.592. The zero-order chi connectivity index (χ0) is 19.9. The van der Waals surface area contributed by atoms with Crippen LogP contribution in [0.25, 0.3) is 0 Å². The Hall–Kier alpha value is -3.79. The highest BCUT2D eigenvalue weighted by atomic mass is 32.1. The number of amides is 2. The second-order valence-corrected chi connectivity index (χ2v) is 6.29. The maximum atomic E-state index is 12.4. The summed E-state index contributed by atoms with van der Waals surface area (Å²) in [5.74, 6) is -1.00. The van der Waals surface area contributed by atoms with Gasteiger partial charge in [0.2, 0.25) is 0 Å². The van der Waals surface area contributed by atoms with Gasteiger partial charge in [-0.1, -0.05) is 24.3 Å². The van der Waals surface area contributed by atoms with Crippen LogP contribution >= 0.6 is 11.3 Å². The molecule has 0 spiro atoms. The smallest absolute Gasteiger partial charge is 0.310 e. The highest BCUT2D eigenvalue weighted by Gasteiger charge is 2.17. The van der Waals surface area contributed by atoms with Crippen LogP contribution in [0.5, 0.6) is 5.75 Å². The molecule has 142 valence electrons. The lowest BCUT2D eigenvalue weighted by Crippen LogP contribution is -2.23. The molecule has 10 heteroatoms. The fourth-order valence-electron chi connectivity index (χ4n) is 2.30. The van der Waals surface area contributed by atoms with Gasteiger partial charge in [-0.3, -0.25) is 25.0 Å². The molecule has 9 nitrogen and oxygen atoms in total. The number of anilines is 2. The van der Waals surface area contributed by atoms with E-state index in [1.165, 1.54) is 29.5 Å². The Morgan fingerprint density at radius 3 is 2.61 bits per heavy atom. The summed E-state index contributed by atoms with van der Waals surface area (Å²) in [6.07, 6.45) is 1.56. The molecule has 0 unspecified atom stereocenters. The third-order valence-electron chi connectivity index (χ3n) is 3.52. The van der Waals surface area contributed by atoms with Crippen LogP contribution in [-0.4, -0.2) is 28.3 Å². The maximum absolute atomic E-state index is 12.4. The average Bonchev–Trinajstić information content (AvgIpc) is 3.20. The van der Waals surface area contributed by atoms with Crippen LogP contribution in [0.1, 0.15) is 10.4 Å². The lowest BCUT2D eigenvalue weighted by Gasteiger charge is -2.11. The zero-order valence-corrected chi connectivity index (χ0v) is 15.1. The average molecular weight is 398 g/mol. The number of hydrogen-bond donors (Lipinski definition) is 2. The van der Waals surface area contributed by atoms with E-state index in [0.29, 0.717) is 5.13 Å². The van der Waals surface area contributed by atoms with Crippen LogP contribution in [0.3, 0.4) is 0 Å². The van der Waals surface area contributed by atoms with Crippen molar-refractivity contribution in [3.8, 4) is 5.75 Å². The first kappa shape index (κ1) is 19.0. The van der Waals surface area contributed by atoms with Crippen molar-refractivity contribution in [2.45, 2.75) is 0 Å². The van der Waals surface area contributed by atoms with E-state index in [1.54, 1.807) is 41.9 Å². The highest BCUT2D eigenvalue weighted by Crippen LogP contribution is 2.26. The second kappa shape index (κ2) is 8.73. The van der Waals surface area contributed by atoms with Gasteiger partial charge in [0, 0.05) is 17.6 Å². The van der Waals surface area contributed by atoms with Crippen molar-refractivity contribution in [2.75, 3.05) is 17.2 Å². The number of carbonyl (C=O) groups excluding carboxylic acids is 2. The molecule has 0 radical (unpaired) electrons. The van der Waals surface area contributed by atoms with Crippen molar-refractivity contribution in [3.05, 3.63) is 75.8 Å². The van der Waals surface area contributed by atoms with E-state index in [4.69, 9.17) is 4.74 Å². The van der Waals surface area contributed by atoms with Gasteiger partial charge < -0.3 is 10.1 Å². The molecular weight excluding hydrogens is 384 g/mol. The van der Waals surface area contributed by atoms with Gasteiger partial charge in [-0.15, -0.1) is 11.3 Å². The summed E-state index contributed by atoms with van der Waals surface area (Å²) in [7, 11) is 0. The van der Waals surface area contributed by atoms with Gasteiger partial charge in [0.05, 0.1) is 16.2 Å². The SMILES string of the molecule is O=C(COc1ccccc1[N+](=O)[O-])Nc1ccccc1C(=O)Nc1nccs1. The Morgan fingerprint density at radius 2 is 1.86 bits per heavy atom. The Bertz CT molecular complexity index is 1010. The molecular formula is C18H14N4O5S. The molecule has 28 heavy (non-hydrogen) atoms. The summed E-state index contributed by atoms with van der Waals surface area (Å²) in [5.41, 5.74) is 0.294. The van der Waals surface area contributed by atoms with Gasteiger partial charge in [-0.05, 0) is 18.2 Å². The third-order valence-corrected chi connectivity index (χ3v) is 4.21. The molecule has 3 aromatic rings. The van der Waals surface area contributed by atoms with E-state index in [1.807, 2.05) is 0 Å². The van der Waals surface area contributed by atoms with Gasteiger partial charge in [0.25, 0.3) is 11.8 Å². The molecule has 0 aliphatic heterocycles. The Morgan fingerprint density at radius 1 is 1.11 bits per heavy atom. The highest BCUT2D eigenvalue weighted by molar-refractivity contribution is 7.13. The van der Waals surface area contributed by atoms with Crippen molar-refractivity contribution in [1.29, 1.82) is 0 Å². The number of aromatic nitrogens is 1. The van der Waals surface area contributed by atoms with Crippen molar-refractivity contribution < 1.29 is 19.2 Å². The van der Waals surface area contributed by atoms with E-state index in [9.17, 15) is 19.7 Å². The lowest BCUT2D eigenvalue weighted by atomic mass is 10.1. The summed E-state index contributed by atoms with van der Waals surface area (Å²) < 4.78 is 5.26. The van der Waals surface area contributed by atoms with Crippen LogP contribution in [0, 0.1) is 10.1 Å². The van der Waals surface area contributed by atoms with Crippen LogP contribution in [0.4, 0.5) is 16.5 Å². The standard InChI is InChI=1S/C18H14N4O5S/c23-16(11-27-15-8-4-3-7-14(15)22(25)26)20-13-6-2-1-5-12(13)17(24)21-18-19-9-10-28-18/h1-10H,11H2,(H,20,23)(H,19,21,24). The maximum Gasteiger partial charge on any atom is 0.310 e. The Balaban J connectivity index is 1.66. The molecule has 3 rings (SSSR count). The van der Waals surface area contributed by atoms with Gasteiger partial charge >= 0.3 is 5.69 Å². The number of nitro groups is 1. The molecule has 0 fully saturated rings. The molecule has 1 heterocycles. The minimum absolute atomic E-state index is 0.0163. The van der Waals surface area contributed by atoms with Gasteiger partial charge in [-0.25, -0.2) is 4.98 Å². The number of benzene rings is 2. The van der Waals surface area contributed by atoms with Crippen LogP contribution < -0.4 is 15.4 Å². The van der Waals surface area contributed by atoms with Crippen molar-refractivity contribution >= 4 is 39.7 Å². The number of nitrogens with one attached hydrogen (secondary N) is 2. The summed E-state index contributed by atoms with van der Waals surface area (Å²) in [5, 5.41) is 18.4. The van der Waals surface area contributed by atoms with E-state index in [0.717, 1.165) is 0 Å². The monoisotopic (exact) mass is 398 g/mol. The molecule has 0 aliphatic rings. The number of nitrogens with zero attached hydrogens (tertiary/aromatic N) is 2. The summed E-state index contributed by atoms with van der Waals surface area (Å²) >= 11 is 1.27. The van der Waals surface area contributed by atoms with Gasteiger partial charge in [-0.2, -0.15) is 0 Å². The number of hydrogen-bond acceptors (Lipinski definition) is 7. The third kappa shape index (κ3) is 4.68. The number of thiazole rings is 1. The van der Waals surface area contributed by atoms with E-state index >= 15 is 0 Å². The predicted molar refractivity (Wildman–Crippen MR) is 104 cm³/mol. The van der Waals surface area contributed by atoms with Crippen molar-refractivity contribution in [1.82, 2.24) is 4.98 Å². The predicted octanol–water partition coefficient (Wildman–Crippen LogP) is 3.32. The molecule has 0 atom stereocenters. The number of ether oxygens (including phenoxy) is 1. The molecule has 0 bridgehead atoms. The second-order valence-electron chi connectivity index (χ2n) is 5.40. The van der Waals surface area contributed by atoms with E-state index in [-0.39, 0.29) is 22.7 Å². The largest absolute Gasteiger partial charge is 0.477 e. The number of carbonyl (C=O) groups is 2. The van der Waals surface area contributed by atoms with Crippen LogP contribution in [0.2, 0.25) is 0 Å². The molecule has 2 amide bonds. The quantitative estimate of drug-likeness (QED) is 0.465. The topological polar surface area (TPSA) is 123 Å². The number of rotatable bonds is 7. The minimum Gasteiger partial charge on any atom is -0.477 e. The van der Waals surface area contributed by atoms with E-state index < -0.39 is 23.3 Å². The first-order chi connectivity index (χ1) is 13.5. The normalized spacial score (nSPS) is 10.1. The number of nitro benzene ring substituents is 1. The molecule has 0 saturated heterocycles. The van der Waals surface area contributed by atoms with E-state index in [2.05, 4.69) is 15.6 Å². The first-order valence-electron chi connectivity index (χ1n) is 8.00. The fraction of sp³-hybridized carbons (Fsp3) is 0.0556. The lowest BCUT2D eigenvalue weighted by molar-refractivity contribution is -0.385. The molecule has 1 aromatic heterocycles. The zero-order valence-electron chi connectivity index (χ0n) is 14.3. The molecule has 0 aliphatic carbocycles. The summed E-state index contributed by atoms with van der Waals surface area (Å²) in [6.45, 7) is -0.451.